The van der Waals surface area contributed by atoms with Crippen molar-refractivity contribution in [3.63, 3.8) is 0 Å². The van der Waals surface area contributed by atoms with Gasteiger partial charge in [-0.2, -0.15) is 0 Å². The zero-order valence-electron chi connectivity index (χ0n) is 10.8. The molecule has 0 aromatic rings. The van der Waals surface area contributed by atoms with Crippen molar-refractivity contribution in [2.75, 3.05) is 6.61 Å². The number of hydrogen-bond acceptors (Lipinski definition) is 1. The van der Waals surface area contributed by atoms with E-state index in [-0.39, 0.29) is 0 Å². The van der Waals surface area contributed by atoms with Gasteiger partial charge in [0.05, 0.1) is 12.7 Å². The summed E-state index contributed by atoms with van der Waals surface area (Å²) in [6, 6.07) is 0. The fourth-order valence-electron chi connectivity index (χ4n) is 5.17. The minimum Gasteiger partial charge on any atom is -0.374 e. The van der Waals surface area contributed by atoms with Crippen LogP contribution in [0, 0.1) is 29.1 Å². The Kier molecular flexibility index (Phi) is 2.43. The van der Waals surface area contributed by atoms with Crippen molar-refractivity contribution < 1.29 is 4.74 Å². The van der Waals surface area contributed by atoms with E-state index in [1.807, 2.05) is 0 Å². The lowest BCUT2D eigenvalue weighted by Gasteiger charge is -2.43. The molecule has 0 N–H and O–H groups in total. The van der Waals surface area contributed by atoms with Crippen molar-refractivity contribution in [2.45, 2.75) is 46.1 Å². The Balaban J connectivity index is 1.83. The van der Waals surface area contributed by atoms with Crippen LogP contribution >= 0.6 is 0 Å². The van der Waals surface area contributed by atoms with Crippen LogP contribution in [0.3, 0.4) is 0 Å². The summed E-state index contributed by atoms with van der Waals surface area (Å²) in [5.41, 5.74) is 0.569. The van der Waals surface area contributed by atoms with Gasteiger partial charge in [-0.25, -0.2) is 0 Å². The van der Waals surface area contributed by atoms with Crippen molar-refractivity contribution in [3.8, 4) is 0 Å². The highest BCUT2D eigenvalue weighted by atomic mass is 16.5. The summed E-state index contributed by atoms with van der Waals surface area (Å²) in [4.78, 5) is 0. The molecule has 2 bridgehead atoms. The van der Waals surface area contributed by atoms with Gasteiger partial charge in [-0.15, -0.1) is 0 Å². The molecule has 0 spiro atoms. The highest BCUT2D eigenvalue weighted by molar-refractivity contribution is 5.09. The van der Waals surface area contributed by atoms with Gasteiger partial charge in [-0.05, 0) is 48.3 Å². The highest BCUT2D eigenvalue weighted by Gasteiger charge is 2.58. The van der Waals surface area contributed by atoms with Crippen molar-refractivity contribution in [3.05, 3.63) is 12.2 Å². The molecular weight excluding hydrogens is 196 g/mol. The second-order valence-corrected chi connectivity index (χ2v) is 6.67. The zero-order chi connectivity index (χ0) is 11.3. The van der Waals surface area contributed by atoms with Crippen molar-refractivity contribution >= 4 is 0 Å². The minimum atomic E-state index is 0.502. The molecule has 1 nitrogen and oxygen atoms in total. The van der Waals surface area contributed by atoms with E-state index in [0.29, 0.717) is 11.5 Å². The molecule has 16 heavy (non-hydrogen) atoms. The van der Waals surface area contributed by atoms with E-state index in [1.54, 1.807) is 0 Å². The molecule has 0 radical (unpaired) electrons. The van der Waals surface area contributed by atoms with Crippen molar-refractivity contribution in [1.29, 1.82) is 0 Å². The molecule has 0 aromatic heterocycles. The molecule has 6 unspecified atom stereocenters. The molecule has 0 saturated heterocycles. The van der Waals surface area contributed by atoms with Gasteiger partial charge in [0.15, 0.2) is 0 Å². The van der Waals surface area contributed by atoms with Crippen molar-refractivity contribution in [2.24, 2.45) is 29.1 Å². The number of ether oxygens (including phenoxy) is 1. The lowest BCUT2D eigenvalue weighted by Crippen LogP contribution is -2.41. The van der Waals surface area contributed by atoms with Gasteiger partial charge < -0.3 is 4.74 Å². The van der Waals surface area contributed by atoms with Crippen LogP contribution in [0.25, 0.3) is 0 Å². The van der Waals surface area contributed by atoms with E-state index in [0.717, 1.165) is 36.7 Å². The first-order chi connectivity index (χ1) is 7.62. The first-order valence-corrected chi connectivity index (χ1v) is 6.88. The molecular formula is C15H24O. The Bertz CT molecular complexity index is 309. The Hall–Kier alpha value is -0.300. The van der Waals surface area contributed by atoms with Gasteiger partial charge in [0.2, 0.25) is 0 Å². The molecule has 3 aliphatic rings. The normalized spacial score (nSPS) is 55.8. The fourth-order valence-corrected chi connectivity index (χ4v) is 5.17. The van der Waals surface area contributed by atoms with E-state index in [9.17, 15) is 0 Å². The Morgan fingerprint density at radius 2 is 2.00 bits per heavy atom. The van der Waals surface area contributed by atoms with Crippen molar-refractivity contribution in [1.82, 2.24) is 0 Å². The van der Waals surface area contributed by atoms with Gasteiger partial charge in [-0.3, -0.25) is 0 Å². The molecule has 1 heteroatoms. The largest absolute Gasteiger partial charge is 0.374 e. The maximum atomic E-state index is 6.00. The number of rotatable bonds is 1. The smallest absolute Gasteiger partial charge is 0.0651 e. The van der Waals surface area contributed by atoms with Crippen LogP contribution in [0.2, 0.25) is 0 Å². The summed E-state index contributed by atoms with van der Waals surface area (Å²) >= 11 is 0. The third kappa shape index (κ3) is 1.40. The van der Waals surface area contributed by atoms with Gasteiger partial charge in [0, 0.05) is 0 Å². The first-order valence-electron chi connectivity index (χ1n) is 6.88. The predicted octanol–water partition coefficient (Wildman–Crippen LogP) is 3.65. The van der Waals surface area contributed by atoms with E-state index in [4.69, 9.17) is 4.74 Å². The lowest BCUT2D eigenvalue weighted by molar-refractivity contribution is -0.0464. The van der Waals surface area contributed by atoms with E-state index in [2.05, 4.69) is 32.9 Å². The van der Waals surface area contributed by atoms with Crippen LogP contribution in [0.15, 0.2) is 12.2 Å². The summed E-state index contributed by atoms with van der Waals surface area (Å²) in [6.45, 7) is 8.27. The highest BCUT2D eigenvalue weighted by Crippen LogP contribution is 2.64. The molecule has 0 amide bonds. The Labute approximate surface area is 99.3 Å². The second kappa shape index (κ2) is 3.60. The maximum Gasteiger partial charge on any atom is 0.0651 e. The fraction of sp³-hybridized carbons (Fsp3) is 0.867. The van der Waals surface area contributed by atoms with Crippen LogP contribution < -0.4 is 0 Å². The SMILES string of the molecule is CC1CC2(C)CC1C(C)C2C1CC=CCO1. The second-order valence-electron chi connectivity index (χ2n) is 6.67. The molecule has 2 fully saturated rings. The van der Waals surface area contributed by atoms with Crippen LogP contribution in [-0.2, 0) is 4.74 Å². The molecule has 6 atom stereocenters. The van der Waals surface area contributed by atoms with Crippen LogP contribution in [0.1, 0.15) is 40.0 Å². The molecule has 3 rings (SSSR count). The molecule has 1 aliphatic heterocycles. The molecule has 2 aliphatic carbocycles. The van der Waals surface area contributed by atoms with Crippen LogP contribution in [0.5, 0.6) is 0 Å². The average Bonchev–Trinajstić information content (AvgIpc) is 2.68. The summed E-state index contributed by atoms with van der Waals surface area (Å²) < 4.78 is 6.00. The summed E-state index contributed by atoms with van der Waals surface area (Å²) in [5, 5.41) is 0. The third-order valence-electron chi connectivity index (χ3n) is 5.61. The molecule has 0 aromatic carbocycles. The Morgan fingerprint density at radius 3 is 2.56 bits per heavy atom. The van der Waals surface area contributed by atoms with E-state index < -0.39 is 0 Å². The third-order valence-corrected chi connectivity index (χ3v) is 5.61. The Morgan fingerprint density at radius 1 is 1.19 bits per heavy atom. The molecule has 90 valence electrons. The quantitative estimate of drug-likeness (QED) is 0.613. The zero-order valence-corrected chi connectivity index (χ0v) is 10.8. The first kappa shape index (κ1) is 10.8. The van der Waals surface area contributed by atoms with Gasteiger partial charge in [0.25, 0.3) is 0 Å². The number of fused-ring (bicyclic) bond motifs is 2. The monoisotopic (exact) mass is 220 g/mol. The molecule has 2 saturated carbocycles. The topological polar surface area (TPSA) is 9.23 Å². The van der Waals surface area contributed by atoms with Gasteiger partial charge in [-0.1, -0.05) is 32.9 Å². The summed E-state index contributed by atoms with van der Waals surface area (Å²) in [6.07, 6.45) is 9.01. The molecule has 1 heterocycles. The number of hydrogen-bond donors (Lipinski definition) is 0. The van der Waals surface area contributed by atoms with Crippen LogP contribution in [0.4, 0.5) is 0 Å². The predicted molar refractivity (Wildman–Crippen MR) is 66.1 cm³/mol. The van der Waals surface area contributed by atoms with E-state index >= 15 is 0 Å². The summed E-state index contributed by atoms with van der Waals surface area (Å²) in [5.74, 6) is 3.57. The van der Waals surface area contributed by atoms with E-state index in [1.165, 1.54) is 12.8 Å². The minimum absolute atomic E-state index is 0.502. The van der Waals surface area contributed by atoms with Gasteiger partial charge >= 0.3 is 0 Å². The lowest BCUT2D eigenvalue weighted by atomic mass is 9.66. The standard InChI is InChI=1S/C15H24O/c1-10-8-15(3)9-12(10)11(2)14(15)13-6-4-5-7-16-13/h4-5,10-14H,6-9H2,1-3H3. The van der Waals surface area contributed by atoms with Crippen LogP contribution in [-0.4, -0.2) is 12.7 Å². The van der Waals surface area contributed by atoms with Gasteiger partial charge in [0.1, 0.15) is 0 Å². The maximum absolute atomic E-state index is 6.00. The average molecular weight is 220 g/mol. The summed E-state index contributed by atoms with van der Waals surface area (Å²) in [7, 11) is 0.